The molecule has 37 heavy (non-hydrogen) atoms. The zero-order valence-electron chi connectivity index (χ0n) is 19.4. The second-order valence-electron chi connectivity index (χ2n) is 8.16. The minimum absolute atomic E-state index is 0.00266. The third kappa shape index (κ3) is 6.43. The van der Waals surface area contributed by atoms with E-state index in [-0.39, 0.29) is 22.4 Å². The standard InChI is InChI=1S/C25H21N3O7S2/c1-16(29)26-24-10-9-20(12-19(24)11-17-5-3-2-4-6-17)27-28-21-8-7-18-13-22(36(30,31)32)15-25(23(18)14-21)37(33,34)35/h2-10,12-15H,11H2,1H3,(H,26,29)(H,30,31,32)(H,33,34,35). The van der Waals surface area contributed by atoms with Gasteiger partial charge >= 0.3 is 0 Å². The van der Waals surface area contributed by atoms with E-state index in [0.717, 1.165) is 17.2 Å². The lowest BCUT2D eigenvalue weighted by Crippen LogP contribution is -2.08. The number of nitrogens with zero attached hydrogens (tertiary/aromatic N) is 2. The first-order valence-electron chi connectivity index (χ1n) is 10.8. The molecule has 12 heteroatoms. The van der Waals surface area contributed by atoms with Gasteiger partial charge in [-0.2, -0.15) is 27.1 Å². The van der Waals surface area contributed by atoms with E-state index in [1.165, 1.54) is 25.1 Å². The van der Waals surface area contributed by atoms with Gasteiger partial charge in [-0.15, -0.1) is 0 Å². The maximum Gasteiger partial charge on any atom is 0.295 e. The van der Waals surface area contributed by atoms with Gasteiger partial charge in [0.25, 0.3) is 20.2 Å². The van der Waals surface area contributed by atoms with Gasteiger partial charge in [-0.3, -0.25) is 13.9 Å². The average molecular weight is 540 g/mol. The number of carbonyl (C=O) groups is 1. The Morgan fingerprint density at radius 2 is 1.46 bits per heavy atom. The van der Waals surface area contributed by atoms with Gasteiger partial charge in [0.15, 0.2) is 0 Å². The first-order chi connectivity index (χ1) is 17.4. The highest BCUT2D eigenvalue weighted by molar-refractivity contribution is 7.86. The number of amides is 1. The molecule has 0 aliphatic heterocycles. The Balaban J connectivity index is 1.73. The molecule has 0 fully saturated rings. The lowest BCUT2D eigenvalue weighted by Gasteiger charge is -2.11. The van der Waals surface area contributed by atoms with Crippen molar-refractivity contribution in [1.29, 1.82) is 0 Å². The molecular weight excluding hydrogens is 518 g/mol. The van der Waals surface area contributed by atoms with Crippen LogP contribution in [-0.4, -0.2) is 31.8 Å². The Kier molecular flexibility index (Phi) is 7.18. The highest BCUT2D eigenvalue weighted by Crippen LogP contribution is 2.32. The van der Waals surface area contributed by atoms with Gasteiger partial charge < -0.3 is 5.32 Å². The molecule has 0 unspecified atom stereocenters. The first-order valence-corrected chi connectivity index (χ1v) is 13.7. The predicted octanol–water partition coefficient (Wildman–Crippen LogP) is 5.30. The molecule has 0 saturated heterocycles. The molecule has 10 nitrogen and oxygen atoms in total. The molecule has 3 N–H and O–H groups in total. The number of hydrogen-bond donors (Lipinski definition) is 3. The number of hydrogen-bond acceptors (Lipinski definition) is 7. The molecule has 0 atom stereocenters. The summed E-state index contributed by atoms with van der Waals surface area (Å²) in [5.41, 5.74) is 3.17. The van der Waals surface area contributed by atoms with E-state index in [2.05, 4.69) is 15.5 Å². The zero-order valence-corrected chi connectivity index (χ0v) is 21.0. The van der Waals surface area contributed by atoms with Crippen molar-refractivity contribution in [2.45, 2.75) is 23.1 Å². The van der Waals surface area contributed by atoms with Gasteiger partial charge in [0.2, 0.25) is 5.91 Å². The number of benzene rings is 4. The second kappa shape index (κ2) is 10.2. The summed E-state index contributed by atoms with van der Waals surface area (Å²) in [6.07, 6.45) is 0.531. The van der Waals surface area contributed by atoms with E-state index < -0.39 is 30.0 Å². The summed E-state index contributed by atoms with van der Waals surface area (Å²) in [4.78, 5) is 10.3. The van der Waals surface area contributed by atoms with Crippen molar-refractivity contribution >= 4 is 54.0 Å². The Hall–Kier alpha value is -3.97. The second-order valence-corrected chi connectivity index (χ2v) is 11.0. The van der Waals surface area contributed by atoms with E-state index in [1.807, 2.05) is 30.3 Å². The molecule has 4 aromatic rings. The summed E-state index contributed by atoms with van der Waals surface area (Å²) in [5, 5.41) is 11.3. The highest BCUT2D eigenvalue weighted by atomic mass is 32.2. The van der Waals surface area contributed by atoms with E-state index in [9.17, 15) is 30.7 Å². The van der Waals surface area contributed by atoms with Crippen LogP contribution in [0.15, 0.2) is 98.9 Å². The van der Waals surface area contributed by atoms with Crippen LogP contribution in [-0.2, 0) is 31.5 Å². The van der Waals surface area contributed by atoms with Gasteiger partial charge in [-0.05, 0) is 65.4 Å². The fourth-order valence-electron chi connectivity index (χ4n) is 3.74. The van der Waals surface area contributed by atoms with Crippen LogP contribution in [0, 0.1) is 0 Å². The third-order valence-corrected chi connectivity index (χ3v) is 7.09. The maximum absolute atomic E-state index is 11.9. The number of anilines is 1. The van der Waals surface area contributed by atoms with Gasteiger partial charge in [0.05, 0.1) is 16.3 Å². The normalized spacial score (nSPS) is 12.2. The lowest BCUT2D eigenvalue weighted by atomic mass is 10.0. The van der Waals surface area contributed by atoms with Gasteiger partial charge in [-0.1, -0.05) is 36.4 Å². The van der Waals surface area contributed by atoms with Crippen molar-refractivity contribution in [3.8, 4) is 0 Å². The fourth-order valence-corrected chi connectivity index (χ4v) is 5.09. The van der Waals surface area contributed by atoms with Crippen LogP contribution in [0.4, 0.5) is 17.1 Å². The van der Waals surface area contributed by atoms with E-state index >= 15 is 0 Å². The number of fused-ring (bicyclic) bond motifs is 1. The molecule has 0 heterocycles. The number of nitrogens with one attached hydrogen (secondary N) is 1. The van der Waals surface area contributed by atoms with Gasteiger partial charge in [0.1, 0.15) is 4.90 Å². The summed E-state index contributed by atoms with van der Waals surface area (Å²) in [6.45, 7) is 1.42. The predicted molar refractivity (Wildman–Crippen MR) is 138 cm³/mol. The summed E-state index contributed by atoms with van der Waals surface area (Å²) in [6, 6.07) is 20.7. The number of azo groups is 1. The monoisotopic (exact) mass is 539 g/mol. The Labute approximate surface area is 213 Å². The van der Waals surface area contributed by atoms with Crippen molar-refractivity contribution in [2.75, 3.05) is 5.32 Å². The molecule has 0 aliphatic rings. The molecule has 190 valence electrons. The Morgan fingerprint density at radius 1 is 0.811 bits per heavy atom. The molecular formula is C25H21N3O7S2. The minimum Gasteiger partial charge on any atom is -0.326 e. The Bertz CT molecular complexity index is 1750. The topological polar surface area (TPSA) is 163 Å². The quantitative estimate of drug-likeness (QED) is 0.212. The first kappa shape index (κ1) is 26.1. The van der Waals surface area contributed by atoms with Gasteiger partial charge in [-0.25, -0.2) is 0 Å². The summed E-state index contributed by atoms with van der Waals surface area (Å²) in [5.74, 6) is -0.216. The summed E-state index contributed by atoms with van der Waals surface area (Å²) in [7, 11) is -9.54. The molecule has 0 aromatic heterocycles. The van der Waals surface area contributed by atoms with Crippen molar-refractivity contribution in [1.82, 2.24) is 0 Å². The van der Waals surface area contributed by atoms with Crippen molar-refractivity contribution in [2.24, 2.45) is 10.2 Å². The summed E-state index contributed by atoms with van der Waals surface area (Å²) >= 11 is 0. The summed E-state index contributed by atoms with van der Waals surface area (Å²) < 4.78 is 65.8. The Morgan fingerprint density at radius 3 is 2.08 bits per heavy atom. The van der Waals surface area contributed by atoms with Crippen molar-refractivity contribution < 1.29 is 30.7 Å². The molecule has 0 bridgehead atoms. The van der Waals surface area contributed by atoms with Crippen molar-refractivity contribution in [3.05, 3.63) is 90.0 Å². The molecule has 4 rings (SSSR count). The van der Waals surface area contributed by atoms with Crippen LogP contribution in [0.2, 0.25) is 0 Å². The smallest absolute Gasteiger partial charge is 0.295 e. The molecule has 0 radical (unpaired) electrons. The number of rotatable bonds is 7. The van der Waals surface area contributed by atoms with Crippen LogP contribution >= 0.6 is 0 Å². The molecule has 0 saturated carbocycles. The molecule has 0 aliphatic carbocycles. The minimum atomic E-state index is -4.83. The maximum atomic E-state index is 11.9. The van der Waals surface area contributed by atoms with Crippen LogP contribution in [0.3, 0.4) is 0 Å². The van der Waals surface area contributed by atoms with Gasteiger partial charge in [0, 0.05) is 18.0 Å². The van der Waals surface area contributed by atoms with E-state index in [1.54, 1.807) is 18.2 Å². The molecule has 4 aromatic carbocycles. The van der Waals surface area contributed by atoms with Crippen molar-refractivity contribution in [3.63, 3.8) is 0 Å². The third-order valence-electron chi connectivity index (χ3n) is 5.37. The van der Waals surface area contributed by atoms with E-state index in [4.69, 9.17) is 0 Å². The molecule has 0 spiro atoms. The van der Waals surface area contributed by atoms with Crippen LogP contribution in [0.1, 0.15) is 18.1 Å². The SMILES string of the molecule is CC(=O)Nc1ccc(N=Nc2ccc3cc(S(=O)(=O)O)cc(S(=O)(=O)O)c3c2)cc1Cc1ccccc1. The zero-order chi connectivity index (χ0) is 26.8. The van der Waals surface area contributed by atoms with Crippen LogP contribution < -0.4 is 5.32 Å². The molecule has 1 amide bonds. The lowest BCUT2D eigenvalue weighted by molar-refractivity contribution is -0.114. The largest absolute Gasteiger partial charge is 0.326 e. The average Bonchev–Trinajstić information content (AvgIpc) is 2.82. The fraction of sp³-hybridized carbons (Fsp3) is 0.0800. The van der Waals surface area contributed by atoms with E-state index in [0.29, 0.717) is 23.9 Å². The highest BCUT2D eigenvalue weighted by Gasteiger charge is 2.20. The number of carbonyl (C=O) groups excluding carboxylic acids is 1. The van der Waals surface area contributed by atoms with Crippen LogP contribution in [0.5, 0.6) is 0 Å². The van der Waals surface area contributed by atoms with Crippen LogP contribution in [0.25, 0.3) is 10.8 Å².